The van der Waals surface area contributed by atoms with Gasteiger partial charge < -0.3 is 20.1 Å². The van der Waals surface area contributed by atoms with Crippen molar-refractivity contribution in [3.05, 3.63) is 53.9 Å². The Kier molecular flexibility index (Phi) is 5.06. The van der Waals surface area contributed by atoms with Crippen molar-refractivity contribution in [3.63, 3.8) is 0 Å². The van der Waals surface area contributed by atoms with Crippen molar-refractivity contribution in [2.45, 2.75) is 26.9 Å². The van der Waals surface area contributed by atoms with Crippen LogP contribution in [0.5, 0.6) is 11.5 Å². The van der Waals surface area contributed by atoms with Crippen molar-refractivity contribution in [2.24, 2.45) is 5.41 Å². The number of hydrogen-bond donors (Lipinski definition) is 2. The average Bonchev–Trinajstić information content (AvgIpc) is 3.12. The first kappa shape index (κ1) is 17.7. The molecule has 0 radical (unpaired) electrons. The molecular formula is C19H21N3O4. The van der Waals surface area contributed by atoms with E-state index in [0.29, 0.717) is 18.0 Å². The molecule has 0 spiro atoms. The molecule has 2 N–H and O–H groups in total. The summed E-state index contributed by atoms with van der Waals surface area (Å²) in [6.45, 7) is 3.96. The maximum Gasteiger partial charge on any atom is 0.235 e. The monoisotopic (exact) mass is 355 g/mol. The third kappa shape index (κ3) is 3.93. The Bertz CT molecular complexity index is 806. The largest absolute Gasteiger partial charge is 0.454 e. The lowest BCUT2D eigenvalue weighted by molar-refractivity contribution is -0.141. The summed E-state index contributed by atoms with van der Waals surface area (Å²) in [7, 11) is 0. The minimum atomic E-state index is -1.20. The quantitative estimate of drug-likeness (QED) is 0.771. The highest BCUT2D eigenvalue weighted by molar-refractivity contribution is 6.04. The zero-order valence-electron chi connectivity index (χ0n) is 14.7. The summed E-state index contributed by atoms with van der Waals surface area (Å²) in [6.07, 6.45) is 1.66. The van der Waals surface area contributed by atoms with Crippen LogP contribution in [0, 0.1) is 5.41 Å². The van der Waals surface area contributed by atoms with E-state index >= 15 is 0 Å². The summed E-state index contributed by atoms with van der Waals surface area (Å²) >= 11 is 0. The number of carbonyl (C=O) groups is 2. The molecule has 7 heteroatoms. The van der Waals surface area contributed by atoms with E-state index in [-0.39, 0.29) is 25.2 Å². The first-order valence-corrected chi connectivity index (χ1v) is 8.32. The number of ether oxygens (including phenoxy) is 2. The normalized spacial score (nSPS) is 12.5. The molecule has 1 aromatic heterocycles. The molecular weight excluding hydrogens is 334 g/mol. The summed E-state index contributed by atoms with van der Waals surface area (Å²) in [4.78, 5) is 29.0. The molecule has 2 heterocycles. The number of amides is 2. The number of aromatic nitrogens is 1. The fraction of sp³-hybridized carbons (Fsp3) is 0.316. The van der Waals surface area contributed by atoms with E-state index in [4.69, 9.17) is 9.47 Å². The van der Waals surface area contributed by atoms with E-state index in [1.807, 2.05) is 24.3 Å². The zero-order chi connectivity index (χ0) is 18.6. The average molecular weight is 355 g/mol. The second-order valence-corrected chi connectivity index (χ2v) is 6.50. The van der Waals surface area contributed by atoms with Crippen molar-refractivity contribution in [2.75, 3.05) is 6.79 Å². The smallest absolute Gasteiger partial charge is 0.235 e. The van der Waals surface area contributed by atoms with Gasteiger partial charge in [0.15, 0.2) is 11.5 Å². The molecule has 0 unspecified atom stereocenters. The Morgan fingerprint density at radius 2 is 1.77 bits per heavy atom. The van der Waals surface area contributed by atoms with Crippen LogP contribution in [0.4, 0.5) is 0 Å². The Labute approximate surface area is 151 Å². The molecule has 0 fully saturated rings. The maximum absolute atomic E-state index is 12.5. The summed E-state index contributed by atoms with van der Waals surface area (Å²) in [5, 5.41) is 5.55. The first-order valence-electron chi connectivity index (χ1n) is 8.32. The van der Waals surface area contributed by atoms with E-state index in [1.165, 1.54) is 0 Å². The highest BCUT2D eigenvalue weighted by Crippen LogP contribution is 2.32. The van der Waals surface area contributed by atoms with E-state index in [0.717, 1.165) is 11.3 Å². The van der Waals surface area contributed by atoms with E-state index < -0.39 is 5.41 Å². The number of carbonyl (C=O) groups excluding carboxylic acids is 2. The van der Waals surface area contributed by atoms with Gasteiger partial charge in [-0.1, -0.05) is 12.1 Å². The molecule has 2 aromatic rings. The van der Waals surface area contributed by atoms with Crippen molar-refractivity contribution >= 4 is 11.8 Å². The number of rotatable bonds is 6. The topological polar surface area (TPSA) is 89.5 Å². The molecule has 0 saturated carbocycles. The van der Waals surface area contributed by atoms with Crippen LogP contribution in [-0.4, -0.2) is 23.6 Å². The molecule has 1 aliphatic rings. The van der Waals surface area contributed by atoms with Crippen LogP contribution in [0.2, 0.25) is 0 Å². The molecule has 0 saturated heterocycles. The van der Waals surface area contributed by atoms with Crippen LogP contribution in [0.15, 0.2) is 42.6 Å². The van der Waals surface area contributed by atoms with Gasteiger partial charge in [0.25, 0.3) is 0 Å². The first-order chi connectivity index (χ1) is 12.5. The summed E-state index contributed by atoms with van der Waals surface area (Å²) in [5.41, 5.74) is 0.398. The Hall–Kier alpha value is -3.09. The van der Waals surface area contributed by atoms with Crippen molar-refractivity contribution in [3.8, 4) is 11.5 Å². The fourth-order valence-electron chi connectivity index (χ4n) is 2.45. The third-order valence-electron chi connectivity index (χ3n) is 4.18. The van der Waals surface area contributed by atoms with Gasteiger partial charge in [0, 0.05) is 12.7 Å². The van der Waals surface area contributed by atoms with Crippen LogP contribution in [0.3, 0.4) is 0 Å². The van der Waals surface area contributed by atoms with E-state index in [9.17, 15) is 9.59 Å². The number of fused-ring (bicyclic) bond motifs is 1. The number of nitrogens with one attached hydrogen (secondary N) is 2. The maximum atomic E-state index is 12.5. The number of pyridine rings is 1. The molecule has 3 rings (SSSR count). The highest BCUT2D eigenvalue weighted by Gasteiger charge is 2.35. The summed E-state index contributed by atoms with van der Waals surface area (Å²) in [5.74, 6) is 0.637. The van der Waals surface area contributed by atoms with E-state index in [1.54, 1.807) is 32.2 Å². The van der Waals surface area contributed by atoms with Crippen LogP contribution >= 0.6 is 0 Å². The Balaban J connectivity index is 1.54. The summed E-state index contributed by atoms with van der Waals surface area (Å²) < 4.78 is 10.6. The number of nitrogens with zero attached hydrogens (tertiary/aromatic N) is 1. The molecule has 0 atom stereocenters. The van der Waals surface area contributed by atoms with Gasteiger partial charge in [0.05, 0.1) is 12.2 Å². The highest BCUT2D eigenvalue weighted by atomic mass is 16.7. The molecule has 2 amide bonds. The number of benzene rings is 1. The molecule has 0 bridgehead atoms. The molecule has 1 aromatic carbocycles. The lowest BCUT2D eigenvalue weighted by atomic mass is 9.91. The van der Waals surface area contributed by atoms with Gasteiger partial charge in [0.1, 0.15) is 5.41 Å². The predicted molar refractivity (Wildman–Crippen MR) is 94.3 cm³/mol. The van der Waals surface area contributed by atoms with E-state index in [2.05, 4.69) is 15.6 Å². The molecule has 136 valence electrons. The van der Waals surface area contributed by atoms with Crippen molar-refractivity contribution in [1.82, 2.24) is 15.6 Å². The molecule has 26 heavy (non-hydrogen) atoms. The SMILES string of the molecule is CC(C)(C(=O)NCc1ccc2c(c1)OCO2)C(=O)NCc1ccccn1. The van der Waals surface area contributed by atoms with Gasteiger partial charge >= 0.3 is 0 Å². The van der Waals surface area contributed by atoms with Gasteiger partial charge in [-0.15, -0.1) is 0 Å². The van der Waals surface area contributed by atoms with Crippen LogP contribution in [0.1, 0.15) is 25.1 Å². The predicted octanol–water partition coefficient (Wildman–Crippen LogP) is 1.77. The Morgan fingerprint density at radius 1 is 1.04 bits per heavy atom. The Morgan fingerprint density at radius 3 is 2.50 bits per heavy atom. The van der Waals surface area contributed by atoms with Crippen molar-refractivity contribution in [1.29, 1.82) is 0 Å². The van der Waals surface area contributed by atoms with Gasteiger partial charge in [-0.05, 0) is 43.7 Å². The van der Waals surface area contributed by atoms with Gasteiger partial charge in [-0.2, -0.15) is 0 Å². The van der Waals surface area contributed by atoms with Crippen LogP contribution < -0.4 is 20.1 Å². The fourth-order valence-corrected chi connectivity index (χ4v) is 2.45. The van der Waals surface area contributed by atoms with Gasteiger partial charge in [0.2, 0.25) is 18.6 Å². The standard InChI is InChI=1S/C19H21N3O4/c1-19(2,18(24)22-11-14-5-3-4-8-20-14)17(23)21-10-13-6-7-15-16(9-13)26-12-25-15/h3-9H,10-12H2,1-2H3,(H,21,23)(H,22,24). The third-order valence-corrected chi connectivity index (χ3v) is 4.18. The molecule has 7 nitrogen and oxygen atoms in total. The van der Waals surface area contributed by atoms with Gasteiger partial charge in [-0.3, -0.25) is 14.6 Å². The summed E-state index contributed by atoms with van der Waals surface area (Å²) in [6, 6.07) is 10.9. The molecule has 1 aliphatic heterocycles. The lowest BCUT2D eigenvalue weighted by Gasteiger charge is -2.22. The minimum Gasteiger partial charge on any atom is -0.454 e. The van der Waals surface area contributed by atoms with Crippen LogP contribution in [0.25, 0.3) is 0 Å². The second-order valence-electron chi connectivity index (χ2n) is 6.50. The van der Waals surface area contributed by atoms with Crippen LogP contribution in [-0.2, 0) is 22.7 Å². The second kappa shape index (κ2) is 7.43. The zero-order valence-corrected chi connectivity index (χ0v) is 14.7. The number of hydrogen-bond acceptors (Lipinski definition) is 5. The van der Waals surface area contributed by atoms with Crippen molar-refractivity contribution < 1.29 is 19.1 Å². The minimum absolute atomic E-state index is 0.203. The lowest BCUT2D eigenvalue weighted by Crippen LogP contribution is -2.47. The van der Waals surface area contributed by atoms with Gasteiger partial charge in [-0.25, -0.2) is 0 Å². The molecule has 0 aliphatic carbocycles.